The fraction of sp³-hybridized carbons (Fsp3) is 0.474. The lowest BCUT2D eigenvalue weighted by atomic mass is 9.95. The summed E-state index contributed by atoms with van der Waals surface area (Å²) in [6.45, 7) is 1.000. The van der Waals surface area contributed by atoms with Crippen LogP contribution in [0.25, 0.3) is 16.7 Å². The lowest BCUT2D eigenvalue weighted by Gasteiger charge is -2.23. The van der Waals surface area contributed by atoms with Crippen LogP contribution >= 0.6 is 0 Å². The first kappa shape index (κ1) is 19.7. The van der Waals surface area contributed by atoms with Crippen LogP contribution in [0, 0.1) is 0 Å². The first-order valence-corrected chi connectivity index (χ1v) is 9.51. The number of hydrogen-bond acceptors (Lipinski definition) is 6. The zero-order chi connectivity index (χ0) is 20.4. The van der Waals surface area contributed by atoms with Crippen LogP contribution in [-0.2, 0) is 4.74 Å². The van der Waals surface area contributed by atoms with E-state index in [0.717, 1.165) is 18.5 Å². The van der Waals surface area contributed by atoms with Gasteiger partial charge in [0.15, 0.2) is 5.96 Å². The highest BCUT2D eigenvalue weighted by molar-refractivity contribution is 5.97. The molecule has 7 nitrogen and oxygen atoms in total. The molecule has 4 heterocycles. The molecule has 0 aromatic carbocycles. The smallest absolute Gasteiger partial charge is 0.395 e. The predicted octanol–water partition coefficient (Wildman–Crippen LogP) is 2.27. The number of hydrogen-bond donors (Lipinski definition) is 4. The number of fused-ring (bicyclic) bond motifs is 1. The summed E-state index contributed by atoms with van der Waals surface area (Å²) in [6.07, 6.45) is -1.24. The van der Waals surface area contributed by atoms with E-state index in [1.165, 1.54) is 6.20 Å². The Kier molecular flexibility index (Phi) is 5.46. The predicted molar refractivity (Wildman–Crippen MR) is 102 cm³/mol. The molecular weight excluding hydrogens is 387 g/mol. The van der Waals surface area contributed by atoms with Crippen molar-refractivity contribution in [3.05, 3.63) is 35.2 Å². The van der Waals surface area contributed by atoms with Crippen LogP contribution in [0.5, 0.6) is 0 Å². The molecule has 0 atom stereocenters. The molecule has 29 heavy (non-hydrogen) atoms. The average Bonchev–Trinajstić information content (AvgIpc) is 3.15. The molecule has 10 heteroatoms. The highest BCUT2D eigenvalue weighted by Gasteiger charge is 2.39. The van der Waals surface area contributed by atoms with Gasteiger partial charge in [0.2, 0.25) is 0 Å². The van der Waals surface area contributed by atoms with E-state index in [2.05, 4.69) is 25.6 Å². The van der Waals surface area contributed by atoms with Gasteiger partial charge in [-0.15, -0.1) is 0 Å². The van der Waals surface area contributed by atoms with Crippen molar-refractivity contribution in [3.63, 3.8) is 0 Å². The zero-order valence-corrected chi connectivity index (χ0v) is 15.6. The van der Waals surface area contributed by atoms with Crippen molar-refractivity contribution in [3.8, 4) is 0 Å². The maximum atomic E-state index is 13.6. The van der Waals surface area contributed by atoms with E-state index in [9.17, 15) is 13.2 Å². The van der Waals surface area contributed by atoms with E-state index in [4.69, 9.17) is 9.84 Å². The number of rotatable bonds is 4. The molecule has 2 aromatic heterocycles. The number of aliphatic hydroxyl groups is 1. The lowest BCUT2D eigenvalue weighted by Crippen LogP contribution is -2.43. The molecule has 1 fully saturated rings. The zero-order valence-electron chi connectivity index (χ0n) is 15.6. The monoisotopic (exact) mass is 409 g/mol. The third-order valence-electron chi connectivity index (χ3n) is 5.14. The maximum Gasteiger partial charge on any atom is 0.416 e. The molecular formula is C19H22F3N5O2. The van der Waals surface area contributed by atoms with Crippen molar-refractivity contribution in [1.82, 2.24) is 20.6 Å². The Balaban J connectivity index is 1.74. The van der Waals surface area contributed by atoms with Gasteiger partial charge < -0.3 is 25.5 Å². The number of aromatic nitrogens is 2. The summed E-state index contributed by atoms with van der Waals surface area (Å²) in [4.78, 5) is 11.8. The number of nitrogens with one attached hydrogen (secondary N) is 3. The van der Waals surface area contributed by atoms with Crippen molar-refractivity contribution in [2.45, 2.75) is 24.9 Å². The van der Waals surface area contributed by atoms with Crippen molar-refractivity contribution in [1.29, 1.82) is 0 Å². The minimum atomic E-state index is -4.52. The molecule has 0 aliphatic carbocycles. The van der Waals surface area contributed by atoms with Crippen LogP contribution in [0.3, 0.4) is 0 Å². The topological polar surface area (TPSA) is 94.6 Å². The van der Waals surface area contributed by atoms with Gasteiger partial charge in [0.25, 0.3) is 0 Å². The lowest BCUT2D eigenvalue weighted by molar-refractivity contribution is -0.0922. The Morgan fingerprint density at radius 2 is 2.03 bits per heavy atom. The molecule has 2 aliphatic heterocycles. The Hall–Kier alpha value is -2.59. The van der Waals surface area contributed by atoms with Crippen molar-refractivity contribution in [2.75, 3.05) is 32.9 Å². The van der Waals surface area contributed by atoms with E-state index >= 15 is 0 Å². The highest BCUT2D eigenvalue weighted by Crippen LogP contribution is 2.37. The first-order valence-electron chi connectivity index (χ1n) is 9.51. The van der Waals surface area contributed by atoms with Crippen LogP contribution in [0.4, 0.5) is 13.2 Å². The molecule has 1 saturated heterocycles. The van der Waals surface area contributed by atoms with Crippen LogP contribution in [0.1, 0.15) is 30.0 Å². The molecule has 0 amide bonds. The van der Waals surface area contributed by atoms with Gasteiger partial charge in [0, 0.05) is 48.5 Å². The fourth-order valence-corrected chi connectivity index (χ4v) is 3.64. The third kappa shape index (κ3) is 4.08. The number of ether oxygens (including phenoxy) is 1. The maximum absolute atomic E-state index is 13.6. The number of guanidine groups is 1. The Morgan fingerprint density at radius 3 is 2.76 bits per heavy atom. The highest BCUT2D eigenvalue weighted by atomic mass is 19.4. The van der Waals surface area contributed by atoms with Gasteiger partial charge in [-0.1, -0.05) is 0 Å². The minimum absolute atomic E-state index is 0.149. The van der Waals surface area contributed by atoms with E-state index in [1.54, 1.807) is 6.07 Å². The molecule has 0 spiro atoms. The quantitative estimate of drug-likeness (QED) is 0.622. The second-order valence-corrected chi connectivity index (χ2v) is 7.01. The number of alkyl halides is 3. The Bertz CT molecular complexity index is 945. The van der Waals surface area contributed by atoms with Gasteiger partial charge in [-0.2, -0.15) is 13.2 Å². The summed E-state index contributed by atoms with van der Waals surface area (Å²) in [5, 5.41) is 14.9. The van der Waals surface area contributed by atoms with Crippen LogP contribution < -0.4 is 10.6 Å². The molecule has 4 rings (SSSR count). The number of aliphatic imine (C=N–C) groups is 1. The SMILES string of the molecule is OCCNC1=NC(c2c[nH]c3nc(C4CCOCC4)ccc23)=C(C(F)(F)F)CN1. The second-order valence-electron chi connectivity index (χ2n) is 7.01. The number of aromatic amines is 1. The van der Waals surface area contributed by atoms with E-state index in [-0.39, 0.29) is 30.7 Å². The number of halogens is 3. The molecule has 0 unspecified atom stereocenters. The van der Waals surface area contributed by atoms with Gasteiger partial charge in [-0.05, 0) is 25.0 Å². The van der Waals surface area contributed by atoms with Crippen LogP contribution in [0.2, 0.25) is 0 Å². The number of pyridine rings is 1. The summed E-state index contributed by atoms with van der Waals surface area (Å²) in [5.74, 6) is 0.485. The van der Waals surface area contributed by atoms with E-state index in [0.29, 0.717) is 29.8 Å². The van der Waals surface area contributed by atoms with Crippen molar-refractivity contribution < 1.29 is 23.0 Å². The number of H-pyrrole nitrogens is 1. The van der Waals surface area contributed by atoms with E-state index in [1.807, 2.05) is 6.07 Å². The van der Waals surface area contributed by atoms with Gasteiger partial charge in [0.1, 0.15) is 5.65 Å². The standard InChI is InChI=1S/C19H22F3N5O2/c20-19(21,22)14-10-25-18(23-5-6-28)27-16(14)13-9-24-17-12(13)1-2-15(26-17)11-3-7-29-8-4-11/h1-2,9,11,28H,3-8,10H2,(H,24,26)(H2,23,25,27). The summed E-state index contributed by atoms with van der Waals surface area (Å²) in [7, 11) is 0. The molecule has 0 radical (unpaired) electrons. The summed E-state index contributed by atoms with van der Waals surface area (Å²) >= 11 is 0. The fourth-order valence-electron chi connectivity index (χ4n) is 3.64. The summed E-state index contributed by atoms with van der Waals surface area (Å²) in [5.41, 5.74) is 0.906. The molecule has 4 N–H and O–H groups in total. The van der Waals surface area contributed by atoms with E-state index < -0.39 is 18.3 Å². The Labute approximate surface area is 165 Å². The Morgan fingerprint density at radius 1 is 1.24 bits per heavy atom. The number of nitrogens with zero attached hydrogens (tertiary/aromatic N) is 2. The van der Waals surface area contributed by atoms with Gasteiger partial charge in [0.05, 0.1) is 24.4 Å². The second kappa shape index (κ2) is 8.03. The number of aliphatic hydroxyl groups excluding tert-OH is 1. The summed E-state index contributed by atoms with van der Waals surface area (Å²) in [6, 6.07) is 3.68. The van der Waals surface area contributed by atoms with Gasteiger partial charge in [-0.3, -0.25) is 0 Å². The average molecular weight is 409 g/mol. The molecule has 0 saturated carbocycles. The van der Waals surface area contributed by atoms with Crippen LogP contribution in [-0.4, -0.2) is 60.1 Å². The molecule has 156 valence electrons. The van der Waals surface area contributed by atoms with Crippen molar-refractivity contribution in [2.24, 2.45) is 4.99 Å². The third-order valence-corrected chi connectivity index (χ3v) is 5.14. The summed E-state index contributed by atoms with van der Waals surface area (Å²) < 4.78 is 46.2. The molecule has 2 aliphatic rings. The molecule has 0 bridgehead atoms. The first-order chi connectivity index (χ1) is 14.0. The largest absolute Gasteiger partial charge is 0.416 e. The van der Waals surface area contributed by atoms with Crippen LogP contribution in [0.15, 0.2) is 28.9 Å². The normalized spacial score (nSPS) is 18.7. The molecule has 2 aromatic rings. The minimum Gasteiger partial charge on any atom is -0.395 e. The van der Waals surface area contributed by atoms with Gasteiger partial charge in [-0.25, -0.2) is 9.98 Å². The van der Waals surface area contributed by atoms with Crippen molar-refractivity contribution >= 4 is 22.7 Å². The van der Waals surface area contributed by atoms with Gasteiger partial charge >= 0.3 is 6.18 Å².